The van der Waals surface area contributed by atoms with Crippen molar-refractivity contribution in [2.24, 2.45) is 0 Å². The van der Waals surface area contributed by atoms with Crippen LogP contribution >= 0.6 is 0 Å². The summed E-state index contributed by atoms with van der Waals surface area (Å²) in [7, 11) is 0. The van der Waals surface area contributed by atoms with E-state index < -0.39 is 0 Å². The van der Waals surface area contributed by atoms with E-state index in [-0.39, 0.29) is 0 Å². The number of aromatic nitrogens is 5. The average Bonchev–Trinajstić information content (AvgIpc) is 3.90. The summed E-state index contributed by atoms with van der Waals surface area (Å²) < 4.78 is 7.02. The first-order valence-electron chi connectivity index (χ1n) is 19.4. The minimum Gasteiger partial charge on any atom is -0.309 e. The Kier molecular flexibility index (Phi) is 6.10. The molecule has 264 valence electrons. The van der Waals surface area contributed by atoms with Gasteiger partial charge in [0.15, 0.2) is 5.82 Å². The Morgan fingerprint density at radius 1 is 0.298 bits per heavy atom. The third-order valence-corrected chi connectivity index (χ3v) is 12.0. The lowest BCUT2D eigenvalue weighted by molar-refractivity contribution is 0.972. The fourth-order valence-electron chi connectivity index (χ4n) is 9.53. The predicted molar refractivity (Wildman–Crippen MR) is 238 cm³/mol. The molecule has 13 rings (SSSR count). The van der Waals surface area contributed by atoms with E-state index in [1.165, 1.54) is 59.5 Å². The fraction of sp³-hybridized carbons (Fsp3) is 0. The number of hydrogen-bond donors (Lipinski definition) is 0. The Morgan fingerprint density at radius 2 is 0.860 bits per heavy atom. The molecule has 0 spiro atoms. The maximum atomic E-state index is 5.60. The van der Waals surface area contributed by atoms with Crippen LogP contribution in [0.5, 0.6) is 0 Å². The largest absolute Gasteiger partial charge is 0.309 e. The molecule has 0 aliphatic heterocycles. The smallest absolute Gasteiger partial charge is 0.237 e. The summed E-state index contributed by atoms with van der Waals surface area (Å²) in [5.41, 5.74) is 8.67. The summed E-state index contributed by atoms with van der Waals surface area (Å²) in [5, 5.41) is 13.1. The zero-order valence-electron chi connectivity index (χ0n) is 30.6. The molecule has 5 nitrogen and oxygen atoms in total. The van der Waals surface area contributed by atoms with E-state index in [4.69, 9.17) is 9.97 Å². The molecule has 57 heavy (non-hydrogen) atoms. The molecule has 4 heterocycles. The van der Waals surface area contributed by atoms with Crippen LogP contribution in [0.2, 0.25) is 0 Å². The van der Waals surface area contributed by atoms with Crippen molar-refractivity contribution in [1.29, 1.82) is 0 Å². The maximum Gasteiger partial charge on any atom is 0.237 e. The van der Waals surface area contributed by atoms with E-state index in [0.29, 0.717) is 5.95 Å². The Balaban J connectivity index is 1.17. The normalized spacial score (nSPS) is 12.2. The number of hydrogen-bond acceptors (Lipinski definition) is 2. The summed E-state index contributed by atoms with van der Waals surface area (Å²) in [4.78, 5) is 11.0. The monoisotopic (exact) mass is 725 g/mol. The summed E-state index contributed by atoms with van der Waals surface area (Å²) in [6, 6.07) is 67.7. The lowest BCUT2D eigenvalue weighted by Crippen LogP contribution is -2.07. The number of fused-ring (bicyclic) bond motifs is 13. The lowest BCUT2D eigenvalue weighted by atomic mass is 10.0. The first-order valence-corrected chi connectivity index (χ1v) is 19.4. The SMILES string of the molecule is c1ccc2cc3c(cc2c1)c1ccccc1n3-c1ccc2c3c4ccccc4ccc3n(-c3nc(-n4c5ccccc5c5ccccc54)c4ccccc4n3)c2c1. The minimum absolute atomic E-state index is 0.631. The Hall–Kier alpha value is -7.76. The summed E-state index contributed by atoms with van der Waals surface area (Å²) in [6.45, 7) is 0. The van der Waals surface area contributed by atoms with Crippen molar-refractivity contribution >= 4 is 97.9 Å². The number of benzene rings is 9. The molecule has 0 aliphatic carbocycles. The molecule has 0 N–H and O–H groups in total. The van der Waals surface area contributed by atoms with Gasteiger partial charge in [0.05, 0.1) is 38.6 Å². The third kappa shape index (κ3) is 4.23. The van der Waals surface area contributed by atoms with Crippen LogP contribution in [0.1, 0.15) is 0 Å². The molecule has 0 bridgehead atoms. The second-order valence-corrected chi connectivity index (χ2v) is 15.0. The quantitative estimate of drug-likeness (QED) is 0.182. The molecule has 0 unspecified atom stereocenters. The molecular weight excluding hydrogens is 695 g/mol. The highest BCUT2D eigenvalue weighted by Crippen LogP contribution is 2.41. The van der Waals surface area contributed by atoms with E-state index in [9.17, 15) is 0 Å². The van der Waals surface area contributed by atoms with E-state index >= 15 is 0 Å². The van der Waals surface area contributed by atoms with E-state index in [0.717, 1.165) is 49.9 Å². The average molecular weight is 726 g/mol. The molecular formula is C52H31N5. The molecule has 5 heteroatoms. The van der Waals surface area contributed by atoms with Crippen molar-refractivity contribution in [3.63, 3.8) is 0 Å². The van der Waals surface area contributed by atoms with Crippen molar-refractivity contribution in [2.45, 2.75) is 0 Å². The number of para-hydroxylation sites is 4. The van der Waals surface area contributed by atoms with Crippen LogP contribution in [0, 0.1) is 0 Å². The van der Waals surface area contributed by atoms with Crippen LogP contribution < -0.4 is 0 Å². The fourth-order valence-corrected chi connectivity index (χ4v) is 9.53. The van der Waals surface area contributed by atoms with E-state index in [2.05, 4.69) is 202 Å². The van der Waals surface area contributed by atoms with Crippen molar-refractivity contribution in [1.82, 2.24) is 23.7 Å². The molecule has 0 amide bonds. The van der Waals surface area contributed by atoms with Crippen LogP contribution in [0.4, 0.5) is 0 Å². The number of nitrogens with zero attached hydrogens (tertiary/aromatic N) is 5. The standard InChI is InChI=1S/C52H31N5/c1-2-15-34-30-48-42(29-33(34)14-1)39-19-8-10-22-44(39)55(48)35-26-27-41-49(31-35)57(47-28-25-32-13-3-4-16-36(32)50(41)47)52-53-43-21-9-5-20-40(43)51(54-52)56-45-23-11-6-17-37(45)38-18-7-12-24-46(38)56/h1-31H. The van der Waals surface area contributed by atoms with Gasteiger partial charge in [-0.05, 0) is 82.2 Å². The second-order valence-electron chi connectivity index (χ2n) is 15.0. The van der Waals surface area contributed by atoms with E-state index in [1.54, 1.807) is 0 Å². The van der Waals surface area contributed by atoms with E-state index in [1.807, 2.05) is 0 Å². The van der Waals surface area contributed by atoms with Crippen molar-refractivity contribution < 1.29 is 0 Å². The first kappa shape index (κ1) is 30.6. The van der Waals surface area contributed by atoms with Gasteiger partial charge in [0.25, 0.3) is 0 Å². The molecule has 9 aromatic carbocycles. The topological polar surface area (TPSA) is 40.6 Å². The van der Waals surface area contributed by atoms with Gasteiger partial charge >= 0.3 is 0 Å². The zero-order chi connectivity index (χ0) is 37.2. The van der Waals surface area contributed by atoms with Gasteiger partial charge < -0.3 is 4.57 Å². The summed E-state index contributed by atoms with van der Waals surface area (Å²) in [6.07, 6.45) is 0. The van der Waals surface area contributed by atoms with Gasteiger partial charge in [-0.2, -0.15) is 4.98 Å². The lowest BCUT2D eigenvalue weighted by Gasteiger charge is -2.14. The second kappa shape index (κ2) is 11.4. The first-order chi connectivity index (χ1) is 28.3. The van der Waals surface area contributed by atoms with Crippen LogP contribution in [-0.2, 0) is 0 Å². The number of rotatable bonds is 3. The molecule has 0 aliphatic rings. The van der Waals surface area contributed by atoms with Gasteiger partial charge in [-0.1, -0.05) is 127 Å². The molecule has 0 saturated heterocycles. The Morgan fingerprint density at radius 3 is 1.60 bits per heavy atom. The van der Waals surface area contributed by atoms with Gasteiger partial charge in [-0.15, -0.1) is 0 Å². The zero-order valence-corrected chi connectivity index (χ0v) is 30.6. The van der Waals surface area contributed by atoms with Gasteiger partial charge in [0.2, 0.25) is 5.95 Å². The molecule has 13 aromatic rings. The summed E-state index contributed by atoms with van der Waals surface area (Å²) in [5.74, 6) is 1.49. The van der Waals surface area contributed by atoms with Crippen molar-refractivity contribution in [3.05, 3.63) is 188 Å². The Labute approximate surface area is 325 Å². The maximum absolute atomic E-state index is 5.60. The van der Waals surface area contributed by atoms with Crippen LogP contribution in [0.25, 0.3) is 115 Å². The predicted octanol–water partition coefficient (Wildman–Crippen LogP) is 13.2. The van der Waals surface area contributed by atoms with Crippen LogP contribution in [0.15, 0.2) is 188 Å². The molecule has 0 radical (unpaired) electrons. The highest BCUT2D eigenvalue weighted by atomic mass is 15.2. The van der Waals surface area contributed by atoms with Gasteiger partial charge in [0.1, 0.15) is 0 Å². The van der Waals surface area contributed by atoms with Crippen LogP contribution in [0.3, 0.4) is 0 Å². The van der Waals surface area contributed by atoms with Gasteiger partial charge in [-0.25, -0.2) is 4.98 Å². The summed E-state index contributed by atoms with van der Waals surface area (Å²) >= 11 is 0. The highest BCUT2D eigenvalue weighted by Gasteiger charge is 2.22. The van der Waals surface area contributed by atoms with Crippen LogP contribution in [-0.4, -0.2) is 23.7 Å². The molecule has 4 aromatic heterocycles. The molecule has 0 saturated carbocycles. The molecule has 0 atom stereocenters. The van der Waals surface area contributed by atoms with Crippen molar-refractivity contribution in [3.8, 4) is 17.5 Å². The third-order valence-electron chi connectivity index (χ3n) is 12.0. The Bertz CT molecular complexity index is 3770. The molecule has 0 fully saturated rings. The van der Waals surface area contributed by atoms with Gasteiger partial charge in [-0.3, -0.25) is 9.13 Å². The van der Waals surface area contributed by atoms with Gasteiger partial charge in [0, 0.05) is 43.4 Å². The minimum atomic E-state index is 0.631. The van der Waals surface area contributed by atoms with Crippen molar-refractivity contribution in [2.75, 3.05) is 0 Å². The highest BCUT2D eigenvalue weighted by molar-refractivity contribution is 6.22.